The molecule has 0 saturated carbocycles. The highest BCUT2D eigenvalue weighted by molar-refractivity contribution is 5.88. The van der Waals surface area contributed by atoms with E-state index >= 15 is 0 Å². The summed E-state index contributed by atoms with van der Waals surface area (Å²) in [5, 5.41) is 0. The Morgan fingerprint density at radius 1 is 0.655 bits per heavy atom. The highest BCUT2D eigenvalue weighted by atomic mass is 16.7. The summed E-state index contributed by atoms with van der Waals surface area (Å²) in [7, 11) is 1.56. The molecule has 6 heteroatoms. The predicted molar refractivity (Wildman–Crippen MR) is 114 cm³/mol. The molecule has 1 aliphatic rings. The van der Waals surface area contributed by atoms with Crippen molar-refractivity contribution >= 4 is 5.78 Å². The van der Waals surface area contributed by atoms with Gasteiger partial charge < -0.3 is 23.7 Å². The van der Waals surface area contributed by atoms with Gasteiger partial charge in [0.05, 0.1) is 16.8 Å². The Bertz CT molecular complexity index is 544. The minimum absolute atomic E-state index is 0.0504. The summed E-state index contributed by atoms with van der Waals surface area (Å²) in [4.78, 5) is 13.3. The van der Waals surface area contributed by atoms with Crippen molar-refractivity contribution in [2.45, 2.75) is 131 Å². The van der Waals surface area contributed by atoms with Crippen LogP contribution in [0.2, 0.25) is 0 Å². The molecule has 0 aromatic heterocycles. The minimum Gasteiger partial charge on any atom is -0.367 e. The zero-order chi connectivity index (χ0) is 23.0. The Morgan fingerprint density at radius 3 is 1.38 bits per heavy atom. The van der Waals surface area contributed by atoms with Gasteiger partial charge in [0.1, 0.15) is 24.4 Å². The van der Waals surface area contributed by atoms with Crippen LogP contribution >= 0.6 is 0 Å². The lowest BCUT2D eigenvalue weighted by atomic mass is 9.82. The number of ether oxygens (including phenoxy) is 5. The van der Waals surface area contributed by atoms with E-state index < -0.39 is 52.9 Å². The molecule has 1 rings (SSSR count). The molecule has 5 atom stereocenters. The van der Waals surface area contributed by atoms with Gasteiger partial charge in [0, 0.05) is 12.5 Å². The molecule has 1 saturated heterocycles. The summed E-state index contributed by atoms with van der Waals surface area (Å²) in [6, 6.07) is 0. The lowest BCUT2D eigenvalue weighted by molar-refractivity contribution is -0.338. The highest BCUT2D eigenvalue weighted by Gasteiger charge is 2.55. The number of hydrogen-bond donors (Lipinski definition) is 0. The molecule has 0 aliphatic carbocycles. The van der Waals surface area contributed by atoms with Gasteiger partial charge in [-0.3, -0.25) is 4.79 Å². The Morgan fingerprint density at radius 2 is 1.03 bits per heavy atom. The number of Topliss-reactive ketones (excluding diaryl/α,β-unsaturated/α-hetero) is 1. The Kier molecular flexibility index (Phi) is 8.15. The molecule has 5 unspecified atom stereocenters. The van der Waals surface area contributed by atoms with Crippen LogP contribution in [0, 0.1) is 5.41 Å². The van der Waals surface area contributed by atoms with Crippen molar-refractivity contribution < 1.29 is 28.5 Å². The van der Waals surface area contributed by atoms with Gasteiger partial charge in [-0.1, -0.05) is 20.8 Å². The van der Waals surface area contributed by atoms with E-state index in [1.165, 1.54) is 0 Å². The summed E-state index contributed by atoms with van der Waals surface area (Å²) < 4.78 is 31.0. The van der Waals surface area contributed by atoms with Gasteiger partial charge in [-0.05, 0) is 62.3 Å². The van der Waals surface area contributed by atoms with Crippen LogP contribution in [0.1, 0.15) is 83.1 Å². The third-order valence-corrected chi connectivity index (χ3v) is 4.19. The van der Waals surface area contributed by atoms with Gasteiger partial charge in [-0.25, -0.2) is 0 Å². The minimum atomic E-state index is -0.827. The maximum absolute atomic E-state index is 13.3. The van der Waals surface area contributed by atoms with Gasteiger partial charge in [0.2, 0.25) is 0 Å². The lowest BCUT2D eigenvalue weighted by Crippen LogP contribution is -2.66. The van der Waals surface area contributed by atoms with Crippen LogP contribution in [0.5, 0.6) is 0 Å². The van der Waals surface area contributed by atoms with Crippen LogP contribution < -0.4 is 0 Å². The van der Waals surface area contributed by atoms with E-state index in [1.54, 1.807) is 7.11 Å². The average molecular weight is 417 g/mol. The first-order valence-electron chi connectivity index (χ1n) is 10.5. The van der Waals surface area contributed by atoms with Crippen LogP contribution in [-0.4, -0.2) is 60.4 Å². The van der Waals surface area contributed by atoms with Gasteiger partial charge in [0.15, 0.2) is 12.1 Å². The Hall–Kier alpha value is -0.530. The number of carbonyl (C=O) groups excluding carboxylic acids is 1. The maximum atomic E-state index is 13.3. The first-order valence-corrected chi connectivity index (χ1v) is 10.5. The quantitative estimate of drug-likeness (QED) is 0.656. The van der Waals surface area contributed by atoms with Crippen LogP contribution in [0.15, 0.2) is 0 Å². The zero-order valence-electron chi connectivity index (χ0n) is 20.8. The summed E-state index contributed by atoms with van der Waals surface area (Å²) in [6.45, 7) is 23.4. The van der Waals surface area contributed by atoms with Gasteiger partial charge in [-0.2, -0.15) is 0 Å². The molecule has 0 aromatic carbocycles. The van der Waals surface area contributed by atoms with Gasteiger partial charge >= 0.3 is 0 Å². The van der Waals surface area contributed by atoms with E-state index in [-0.39, 0.29) is 5.78 Å². The molecule has 0 bridgehead atoms. The molecular formula is C23H44O6. The SMILES string of the molecule is COC1OC(C(=O)C(C)(C)C)C(OC(C)(C)C)C(OC(C)(C)C)C1OC(C)(C)C. The fraction of sp³-hybridized carbons (Fsp3) is 0.957. The van der Waals surface area contributed by atoms with Crippen molar-refractivity contribution in [2.24, 2.45) is 5.41 Å². The summed E-state index contributed by atoms with van der Waals surface area (Å²) in [6.07, 6.45) is -3.33. The number of rotatable bonds is 5. The van der Waals surface area contributed by atoms with Crippen molar-refractivity contribution in [3.63, 3.8) is 0 Å². The van der Waals surface area contributed by atoms with E-state index in [4.69, 9.17) is 23.7 Å². The second-order valence-corrected chi connectivity index (χ2v) is 11.9. The molecule has 0 spiro atoms. The van der Waals surface area contributed by atoms with Crippen LogP contribution in [0.3, 0.4) is 0 Å². The van der Waals surface area contributed by atoms with Gasteiger partial charge in [0.25, 0.3) is 0 Å². The molecule has 0 radical (unpaired) electrons. The first kappa shape index (κ1) is 26.5. The fourth-order valence-electron chi connectivity index (χ4n) is 3.25. The van der Waals surface area contributed by atoms with E-state index in [0.717, 1.165) is 0 Å². The maximum Gasteiger partial charge on any atom is 0.187 e. The van der Waals surface area contributed by atoms with Crippen molar-refractivity contribution in [1.29, 1.82) is 0 Å². The topological polar surface area (TPSA) is 63.2 Å². The molecular weight excluding hydrogens is 372 g/mol. The largest absolute Gasteiger partial charge is 0.367 e. The Labute approximate surface area is 177 Å². The predicted octanol–water partition coefficient (Wildman–Crippen LogP) is 4.52. The number of ketones is 1. The molecule has 1 heterocycles. The van der Waals surface area contributed by atoms with E-state index in [1.807, 2.05) is 83.1 Å². The lowest BCUT2D eigenvalue weighted by Gasteiger charge is -2.50. The van der Waals surface area contributed by atoms with E-state index in [9.17, 15) is 4.79 Å². The summed E-state index contributed by atoms with van der Waals surface area (Å²) in [5.41, 5.74) is -2.05. The second kappa shape index (κ2) is 8.91. The molecule has 6 nitrogen and oxygen atoms in total. The number of carbonyl (C=O) groups is 1. The van der Waals surface area contributed by atoms with Gasteiger partial charge in [-0.15, -0.1) is 0 Å². The molecule has 0 N–H and O–H groups in total. The van der Waals surface area contributed by atoms with Crippen LogP contribution in [0.25, 0.3) is 0 Å². The van der Waals surface area contributed by atoms with Crippen LogP contribution in [-0.2, 0) is 28.5 Å². The summed E-state index contributed by atoms with van der Waals surface area (Å²) in [5.74, 6) is -0.0504. The summed E-state index contributed by atoms with van der Waals surface area (Å²) >= 11 is 0. The number of hydrogen-bond acceptors (Lipinski definition) is 6. The Balaban J connectivity index is 3.52. The van der Waals surface area contributed by atoms with Crippen molar-refractivity contribution in [3.05, 3.63) is 0 Å². The van der Waals surface area contributed by atoms with E-state index in [0.29, 0.717) is 0 Å². The fourth-order valence-corrected chi connectivity index (χ4v) is 3.25. The molecule has 0 aromatic rings. The van der Waals surface area contributed by atoms with Crippen molar-refractivity contribution in [3.8, 4) is 0 Å². The molecule has 1 fully saturated rings. The molecule has 172 valence electrons. The highest BCUT2D eigenvalue weighted by Crippen LogP contribution is 2.37. The number of methoxy groups -OCH3 is 1. The second-order valence-electron chi connectivity index (χ2n) is 11.9. The van der Waals surface area contributed by atoms with Crippen LogP contribution in [0.4, 0.5) is 0 Å². The molecule has 0 amide bonds. The van der Waals surface area contributed by atoms with Crippen molar-refractivity contribution in [2.75, 3.05) is 7.11 Å². The molecule has 1 aliphatic heterocycles. The first-order chi connectivity index (χ1) is 12.7. The van der Waals surface area contributed by atoms with E-state index in [2.05, 4.69) is 0 Å². The normalized spacial score (nSPS) is 29.8. The van der Waals surface area contributed by atoms with Crippen molar-refractivity contribution in [1.82, 2.24) is 0 Å². The average Bonchev–Trinajstić information content (AvgIpc) is 2.45. The third-order valence-electron chi connectivity index (χ3n) is 4.19. The smallest absolute Gasteiger partial charge is 0.187 e. The molecule has 29 heavy (non-hydrogen) atoms. The third kappa shape index (κ3) is 8.25. The monoisotopic (exact) mass is 416 g/mol. The zero-order valence-corrected chi connectivity index (χ0v) is 20.8. The standard InChI is InChI=1S/C23H44O6/c1-20(2,3)18(24)16-14(27-21(4,5)6)15(28-22(7,8)9)17(19(25-13)26-16)29-23(10,11)12/h14-17,19H,1-13H3.